The highest BCUT2D eigenvalue weighted by Crippen LogP contribution is 2.36. The van der Waals surface area contributed by atoms with Crippen molar-refractivity contribution in [1.29, 1.82) is 0 Å². The number of thioether (sulfide) groups is 1. The molecule has 1 aromatic carbocycles. The van der Waals surface area contributed by atoms with E-state index in [1.54, 1.807) is 23.9 Å². The van der Waals surface area contributed by atoms with Crippen LogP contribution in [0.4, 0.5) is 10.5 Å². The van der Waals surface area contributed by atoms with Crippen molar-refractivity contribution in [3.63, 3.8) is 0 Å². The second kappa shape index (κ2) is 9.75. The van der Waals surface area contributed by atoms with E-state index in [1.165, 1.54) is 6.42 Å². The number of amides is 2. The molecular weight excluding hydrogens is 368 g/mol. The summed E-state index contributed by atoms with van der Waals surface area (Å²) in [5.74, 6) is 0. The lowest BCUT2D eigenvalue weighted by Crippen LogP contribution is -2.64. The zero-order chi connectivity index (χ0) is 19.2. The van der Waals surface area contributed by atoms with E-state index in [-0.39, 0.29) is 6.61 Å². The van der Waals surface area contributed by atoms with Crippen molar-refractivity contribution in [1.82, 2.24) is 5.32 Å². The normalized spacial score (nSPS) is 32.0. The summed E-state index contributed by atoms with van der Waals surface area (Å²) < 4.78 is 5.85. The van der Waals surface area contributed by atoms with Crippen LogP contribution in [0.2, 0.25) is 0 Å². The van der Waals surface area contributed by atoms with Gasteiger partial charge in [0.05, 0.1) is 12.6 Å². The van der Waals surface area contributed by atoms with Gasteiger partial charge < -0.3 is 30.7 Å². The molecule has 1 aromatic rings. The predicted octanol–water partition coefficient (Wildman–Crippen LogP) is 1.68. The first kappa shape index (κ1) is 20.4. The molecular formula is C19H28N2O5S. The molecule has 2 fully saturated rings. The maximum Gasteiger partial charge on any atom is 0.319 e. The van der Waals surface area contributed by atoms with Gasteiger partial charge in [0.25, 0.3) is 0 Å². The average molecular weight is 397 g/mol. The van der Waals surface area contributed by atoms with Crippen molar-refractivity contribution < 1.29 is 24.9 Å². The number of anilines is 1. The van der Waals surface area contributed by atoms with Crippen molar-refractivity contribution in [2.24, 2.45) is 0 Å². The van der Waals surface area contributed by atoms with E-state index in [4.69, 9.17) is 4.74 Å². The van der Waals surface area contributed by atoms with E-state index in [9.17, 15) is 20.1 Å². The SMILES string of the molecule is O=C(Nc1ccccc1)N[C@@H]1[C@@H](O)[C@H](O)[C@@H](CO)O[C@@H]1SC1CCCCC1. The van der Waals surface area contributed by atoms with Crippen LogP contribution in [0.25, 0.3) is 0 Å². The van der Waals surface area contributed by atoms with Crippen molar-refractivity contribution >= 4 is 23.5 Å². The van der Waals surface area contributed by atoms with Gasteiger partial charge in [0, 0.05) is 10.9 Å². The monoisotopic (exact) mass is 396 g/mol. The third kappa shape index (κ3) is 5.36. The van der Waals surface area contributed by atoms with Gasteiger partial charge in [-0.2, -0.15) is 0 Å². The topological polar surface area (TPSA) is 111 Å². The first-order valence-corrected chi connectivity index (χ1v) is 10.4. The molecule has 1 aliphatic heterocycles. The summed E-state index contributed by atoms with van der Waals surface area (Å²) in [6.07, 6.45) is 2.32. The molecule has 27 heavy (non-hydrogen) atoms. The second-order valence-electron chi connectivity index (χ2n) is 7.09. The molecule has 3 rings (SSSR count). The molecule has 2 aliphatic rings. The standard InChI is InChI=1S/C19H28N2O5S/c22-11-14-16(23)17(24)15(18(26-14)27-13-9-5-2-6-10-13)21-19(25)20-12-7-3-1-4-8-12/h1,3-4,7-8,13-18,22-24H,2,5-6,9-11H2,(H2,20,21,25)/t14-,15-,16-,17-,18-/m1/s1. The van der Waals surface area contributed by atoms with E-state index in [0.717, 1.165) is 25.7 Å². The first-order valence-electron chi connectivity index (χ1n) is 9.49. The Morgan fingerprint density at radius 3 is 2.48 bits per heavy atom. The Morgan fingerprint density at radius 2 is 1.81 bits per heavy atom. The highest BCUT2D eigenvalue weighted by Gasteiger charge is 2.46. The average Bonchev–Trinajstić information content (AvgIpc) is 2.69. The molecule has 0 spiro atoms. The van der Waals surface area contributed by atoms with Crippen LogP contribution in [0.15, 0.2) is 30.3 Å². The molecule has 2 amide bonds. The van der Waals surface area contributed by atoms with E-state index >= 15 is 0 Å². The number of aliphatic hydroxyl groups excluding tert-OH is 3. The fraction of sp³-hybridized carbons (Fsp3) is 0.632. The molecule has 1 saturated heterocycles. The first-order chi connectivity index (χ1) is 13.1. The minimum Gasteiger partial charge on any atom is -0.394 e. The maximum absolute atomic E-state index is 12.4. The lowest BCUT2D eigenvalue weighted by atomic mass is 9.98. The molecule has 7 nitrogen and oxygen atoms in total. The van der Waals surface area contributed by atoms with Gasteiger partial charge in [-0.15, -0.1) is 11.8 Å². The van der Waals surface area contributed by atoms with E-state index < -0.39 is 35.8 Å². The molecule has 5 atom stereocenters. The summed E-state index contributed by atoms with van der Waals surface area (Å²) in [4.78, 5) is 12.4. The van der Waals surface area contributed by atoms with Gasteiger partial charge in [-0.25, -0.2) is 4.79 Å². The zero-order valence-corrected chi connectivity index (χ0v) is 16.0. The summed E-state index contributed by atoms with van der Waals surface area (Å²) in [6, 6.07) is 7.74. The number of hydrogen-bond acceptors (Lipinski definition) is 6. The number of ether oxygens (including phenoxy) is 1. The molecule has 8 heteroatoms. The van der Waals surface area contributed by atoms with Crippen molar-refractivity contribution in [3.8, 4) is 0 Å². The van der Waals surface area contributed by atoms with Crippen LogP contribution in [0.5, 0.6) is 0 Å². The van der Waals surface area contributed by atoms with E-state index in [2.05, 4.69) is 10.6 Å². The van der Waals surface area contributed by atoms with Crippen LogP contribution in [0.3, 0.4) is 0 Å². The summed E-state index contributed by atoms with van der Waals surface area (Å²) in [6.45, 7) is -0.386. The molecule has 5 N–H and O–H groups in total. The number of carbonyl (C=O) groups is 1. The summed E-state index contributed by atoms with van der Waals surface area (Å²) in [7, 11) is 0. The Bertz CT molecular complexity index is 599. The number of hydrogen-bond donors (Lipinski definition) is 5. The van der Waals surface area contributed by atoms with Crippen LogP contribution in [0.1, 0.15) is 32.1 Å². The number of benzene rings is 1. The number of nitrogens with one attached hydrogen (secondary N) is 2. The van der Waals surface area contributed by atoms with Gasteiger partial charge in [-0.1, -0.05) is 37.5 Å². The fourth-order valence-electron chi connectivity index (χ4n) is 3.58. The second-order valence-corrected chi connectivity index (χ2v) is 8.50. The smallest absolute Gasteiger partial charge is 0.319 e. The minimum absolute atomic E-state index is 0.382. The van der Waals surface area contributed by atoms with Crippen LogP contribution in [0, 0.1) is 0 Å². The molecule has 0 unspecified atom stereocenters. The lowest BCUT2D eigenvalue weighted by molar-refractivity contribution is -0.169. The Hall–Kier alpha value is -1.32. The Kier molecular flexibility index (Phi) is 7.37. The highest BCUT2D eigenvalue weighted by atomic mass is 32.2. The van der Waals surface area contributed by atoms with Gasteiger partial charge >= 0.3 is 6.03 Å². The third-order valence-corrected chi connectivity index (χ3v) is 6.62. The summed E-state index contributed by atoms with van der Waals surface area (Å²) in [5.41, 5.74) is 0.0941. The van der Waals surface area contributed by atoms with E-state index in [0.29, 0.717) is 10.9 Å². The quantitative estimate of drug-likeness (QED) is 0.518. The minimum atomic E-state index is -1.26. The molecule has 0 radical (unpaired) electrons. The Morgan fingerprint density at radius 1 is 1.11 bits per heavy atom. The Balaban J connectivity index is 1.68. The zero-order valence-electron chi connectivity index (χ0n) is 15.2. The molecule has 1 aliphatic carbocycles. The highest BCUT2D eigenvalue weighted by molar-refractivity contribution is 8.00. The number of para-hydroxylation sites is 1. The summed E-state index contributed by atoms with van der Waals surface area (Å²) >= 11 is 1.58. The molecule has 1 heterocycles. The molecule has 0 bridgehead atoms. The summed E-state index contributed by atoms with van der Waals surface area (Å²) in [5, 5.41) is 36.1. The molecule has 150 valence electrons. The van der Waals surface area contributed by atoms with Crippen LogP contribution in [-0.4, -0.2) is 63.0 Å². The maximum atomic E-state index is 12.4. The van der Waals surface area contributed by atoms with Crippen LogP contribution in [-0.2, 0) is 4.74 Å². The van der Waals surface area contributed by atoms with Gasteiger partial charge in [0.15, 0.2) is 0 Å². The van der Waals surface area contributed by atoms with Crippen LogP contribution >= 0.6 is 11.8 Å². The number of carbonyl (C=O) groups excluding carboxylic acids is 1. The fourth-order valence-corrected chi connectivity index (χ4v) is 5.17. The van der Waals surface area contributed by atoms with Crippen LogP contribution < -0.4 is 10.6 Å². The lowest BCUT2D eigenvalue weighted by Gasteiger charge is -2.43. The largest absolute Gasteiger partial charge is 0.394 e. The number of rotatable bonds is 5. The van der Waals surface area contributed by atoms with Gasteiger partial charge in [0.2, 0.25) is 0 Å². The van der Waals surface area contributed by atoms with Crippen molar-refractivity contribution in [2.45, 2.75) is 67.1 Å². The molecule has 0 aromatic heterocycles. The van der Waals surface area contributed by atoms with Gasteiger partial charge in [0.1, 0.15) is 23.7 Å². The van der Waals surface area contributed by atoms with Crippen molar-refractivity contribution in [3.05, 3.63) is 30.3 Å². The molecule has 1 saturated carbocycles. The predicted molar refractivity (Wildman–Crippen MR) is 105 cm³/mol. The Labute approximate surface area is 163 Å². The van der Waals surface area contributed by atoms with Crippen molar-refractivity contribution in [2.75, 3.05) is 11.9 Å². The van der Waals surface area contributed by atoms with E-state index in [1.807, 2.05) is 18.2 Å². The number of aliphatic hydroxyl groups is 3. The third-order valence-electron chi connectivity index (χ3n) is 5.09. The number of urea groups is 1. The van der Waals surface area contributed by atoms with Gasteiger partial charge in [-0.3, -0.25) is 0 Å². The van der Waals surface area contributed by atoms with Gasteiger partial charge in [-0.05, 0) is 25.0 Å².